The van der Waals surface area contributed by atoms with Crippen molar-refractivity contribution < 1.29 is 13.9 Å². The van der Waals surface area contributed by atoms with Gasteiger partial charge < -0.3 is 19.4 Å². The van der Waals surface area contributed by atoms with Crippen LogP contribution in [0.4, 0.5) is 10.5 Å². The zero-order chi connectivity index (χ0) is 17.8. The lowest BCUT2D eigenvalue weighted by Gasteiger charge is -2.20. The number of aromatic nitrogens is 1. The number of carbonyl (C=O) groups is 1. The van der Waals surface area contributed by atoms with Crippen LogP contribution >= 0.6 is 0 Å². The smallest absolute Gasteiger partial charge is 0.321 e. The highest BCUT2D eigenvalue weighted by Gasteiger charge is 2.51. The molecule has 2 fully saturated rings. The number of aryl methyl sites for hydroxylation is 2. The maximum atomic E-state index is 12.7. The van der Waals surface area contributed by atoms with Crippen molar-refractivity contribution in [1.29, 1.82) is 0 Å². The fraction of sp³-hybridized carbons (Fsp3) is 0.400. The summed E-state index contributed by atoms with van der Waals surface area (Å²) in [5.74, 6) is 1.44. The Morgan fingerprint density at radius 3 is 2.58 bits per heavy atom. The number of ether oxygens (including phenoxy) is 1. The van der Waals surface area contributed by atoms with Gasteiger partial charge in [0.1, 0.15) is 6.26 Å². The molecule has 1 aromatic carbocycles. The van der Waals surface area contributed by atoms with Gasteiger partial charge in [-0.15, -0.1) is 0 Å². The van der Waals surface area contributed by atoms with Gasteiger partial charge in [0.25, 0.3) is 0 Å². The Bertz CT molecular complexity index is 883. The minimum Gasteiger partial charge on any atom is -0.444 e. The van der Waals surface area contributed by atoms with Gasteiger partial charge in [-0.1, -0.05) is 18.2 Å². The molecule has 0 radical (unpaired) electrons. The van der Waals surface area contributed by atoms with Crippen molar-refractivity contribution in [2.24, 2.45) is 11.8 Å². The highest BCUT2D eigenvalue weighted by atomic mass is 16.5. The Morgan fingerprint density at radius 1 is 1.19 bits per heavy atom. The molecule has 1 N–H and O–H groups in total. The van der Waals surface area contributed by atoms with Crippen molar-refractivity contribution >= 4 is 11.7 Å². The van der Waals surface area contributed by atoms with Gasteiger partial charge >= 0.3 is 6.03 Å². The minimum absolute atomic E-state index is 0.0582. The van der Waals surface area contributed by atoms with E-state index in [-0.39, 0.29) is 18.2 Å². The van der Waals surface area contributed by atoms with E-state index in [0.717, 1.165) is 35.6 Å². The van der Waals surface area contributed by atoms with Crippen LogP contribution in [-0.4, -0.2) is 41.2 Å². The standard InChI is InChI=1S/C20H21N3O3/c1-11-3-4-13(7-14(11)19-21-12(2)10-25-19)22-20(24)23-8-15-16(9-23)18-6-5-17(15)26-18/h3-7,10,15-18H,8-9H2,1-2H3,(H,22,24). The van der Waals surface area contributed by atoms with Gasteiger partial charge in [0.15, 0.2) is 0 Å². The second-order valence-electron chi connectivity index (χ2n) is 7.44. The molecule has 3 aliphatic heterocycles. The lowest BCUT2D eigenvalue weighted by atomic mass is 9.86. The van der Waals surface area contributed by atoms with Gasteiger partial charge in [0, 0.05) is 36.2 Å². The van der Waals surface area contributed by atoms with Gasteiger partial charge in [-0.2, -0.15) is 0 Å². The molecule has 4 heterocycles. The molecule has 6 heteroatoms. The van der Waals surface area contributed by atoms with Crippen LogP contribution in [0.2, 0.25) is 0 Å². The fourth-order valence-electron chi connectivity index (χ4n) is 4.30. The number of anilines is 1. The van der Waals surface area contributed by atoms with E-state index in [0.29, 0.717) is 17.7 Å². The number of oxazole rings is 1. The van der Waals surface area contributed by atoms with Crippen molar-refractivity contribution in [3.63, 3.8) is 0 Å². The van der Waals surface area contributed by atoms with E-state index in [9.17, 15) is 4.79 Å². The van der Waals surface area contributed by atoms with Crippen LogP contribution in [0.1, 0.15) is 11.3 Å². The SMILES string of the molecule is Cc1coc(-c2cc(NC(=O)N3CC4C5C=CC(O5)C4C3)ccc2C)n1. The van der Waals surface area contributed by atoms with Crippen molar-refractivity contribution in [3.8, 4) is 11.5 Å². The molecule has 6 nitrogen and oxygen atoms in total. The van der Waals surface area contributed by atoms with Crippen LogP contribution in [0.15, 0.2) is 41.0 Å². The summed E-state index contributed by atoms with van der Waals surface area (Å²) in [5.41, 5.74) is 3.54. The molecule has 26 heavy (non-hydrogen) atoms. The monoisotopic (exact) mass is 351 g/mol. The predicted molar refractivity (Wildman–Crippen MR) is 96.8 cm³/mol. The number of benzene rings is 1. The number of carbonyl (C=O) groups excluding carboxylic acids is 1. The molecule has 1 aromatic heterocycles. The fourth-order valence-corrected chi connectivity index (χ4v) is 4.30. The minimum atomic E-state index is -0.0582. The third-order valence-electron chi connectivity index (χ3n) is 5.69. The number of urea groups is 1. The van der Waals surface area contributed by atoms with Gasteiger partial charge in [-0.25, -0.2) is 9.78 Å². The Balaban J connectivity index is 1.32. The molecule has 5 rings (SSSR count). The second kappa shape index (κ2) is 5.71. The number of nitrogens with zero attached hydrogens (tertiary/aromatic N) is 2. The van der Waals surface area contributed by atoms with Crippen molar-refractivity contribution in [2.75, 3.05) is 18.4 Å². The van der Waals surface area contributed by atoms with Gasteiger partial charge in [0.05, 0.1) is 17.9 Å². The summed E-state index contributed by atoms with van der Waals surface area (Å²) >= 11 is 0. The molecular formula is C20H21N3O3. The molecule has 2 amide bonds. The first-order valence-corrected chi connectivity index (χ1v) is 9.01. The van der Waals surface area contributed by atoms with E-state index < -0.39 is 0 Å². The summed E-state index contributed by atoms with van der Waals surface area (Å²) < 4.78 is 11.4. The molecule has 2 saturated heterocycles. The maximum absolute atomic E-state index is 12.7. The highest BCUT2D eigenvalue weighted by Crippen LogP contribution is 2.43. The van der Waals surface area contributed by atoms with Gasteiger partial charge in [0.2, 0.25) is 5.89 Å². The number of hydrogen-bond donors (Lipinski definition) is 1. The largest absolute Gasteiger partial charge is 0.444 e. The van der Waals surface area contributed by atoms with Crippen LogP contribution in [0.5, 0.6) is 0 Å². The van der Waals surface area contributed by atoms with Crippen molar-refractivity contribution in [2.45, 2.75) is 26.1 Å². The average Bonchev–Trinajstić information content (AvgIpc) is 3.38. The van der Waals surface area contributed by atoms with Crippen LogP contribution in [0.25, 0.3) is 11.5 Å². The first-order valence-electron chi connectivity index (χ1n) is 9.01. The van der Waals surface area contributed by atoms with E-state index in [4.69, 9.17) is 9.15 Å². The lowest BCUT2D eigenvalue weighted by molar-refractivity contribution is 0.0892. The summed E-state index contributed by atoms with van der Waals surface area (Å²) in [6.07, 6.45) is 6.27. The maximum Gasteiger partial charge on any atom is 0.321 e. The number of rotatable bonds is 2. The molecule has 0 saturated carbocycles. The van der Waals surface area contributed by atoms with Crippen LogP contribution in [-0.2, 0) is 4.74 Å². The van der Waals surface area contributed by atoms with Crippen LogP contribution in [0, 0.1) is 25.7 Å². The zero-order valence-electron chi connectivity index (χ0n) is 14.8. The molecule has 3 aliphatic rings. The Morgan fingerprint density at radius 2 is 1.92 bits per heavy atom. The number of nitrogens with one attached hydrogen (secondary N) is 1. The Kier molecular flexibility index (Phi) is 3.43. The van der Waals surface area contributed by atoms with Gasteiger partial charge in [-0.05, 0) is 31.5 Å². The summed E-state index contributed by atoms with van der Waals surface area (Å²) in [5, 5.41) is 3.02. The van der Waals surface area contributed by atoms with Gasteiger partial charge in [-0.3, -0.25) is 0 Å². The first kappa shape index (κ1) is 15.6. The van der Waals surface area contributed by atoms with E-state index >= 15 is 0 Å². The molecule has 0 aliphatic carbocycles. The molecule has 134 valence electrons. The molecule has 4 unspecified atom stereocenters. The topological polar surface area (TPSA) is 67.6 Å². The normalized spacial score (nSPS) is 28.6. The summed E-state index contributed by atoms with van der Waals surface area (Å²) in [4.78, 5) is 19.0. The van der Waals surface area contributed by atoms with E-state index in [1.54, 1.807) is 6.26 Å². The highest BCUT2D eigenvalue weighted by molar-refractivity contribution is 5.90. The number of amides is 2. The Hall–Kier alpha value is -2.60. The van der Waals surface area contributed by atoms with E-state index in [2.05, 4.69) is 22.5 Å². The first-order chi connectivity index (χ1) is 12.6. The molecular weight excluding hydrogens is 330 g/mol. The molecule has 4 atom stereocenters. The van der Waals surface area contributed by atoms with E-state index in [1.165, 1.54) is 0 Å². The van der Waals surface area contributed by atoms with Crippen molar-refractivity contribution in [1.82, 2.24) is 9.88 Å². The van der Waals surface area contributed by atoms with E-state index in [1.807, 2.05) is 36.9 Å². The third-order valence-corrected chi connectivity index (χ3v) is 5.69. The molecule has 2 aromatic rings. The Labute approximate surface area is 151 Å². The van der Waals surface area contributed by atoms with Crippen LogP contribution in [0.3, 0.4) is 0 Å². The summed E-state index contributed by atoms with van der Waals surface area (Å²) in [6.45, 7) is 5.40. The average molecular weight is 351 g/mol. The predicted octanol–water partition coefficient (Wildman–Crippen LogP) is 3.38. The summed E-state index contributed by atoms with van der Waals surface area (Å²) in [7, 11) is 0. The second-order valence-corrected chi connectivity index (χ2v) is 7.44. The summed E-state index contributed by atoms with van der Waals surface area (Å²) in [6, 6.07) is 5.75. The number of likely N-dealkylation sites (tertiary alicyclic amines) is 1. The number of hydrogen-bond acceptors (Lipinski definition) is 4. The quantitative estimate of drug-likeness (QED) is 0.843. The molecule has 2 bridgehead atoms. The number of fused-ring (bicyclic) bond motifs is 5. The van der Waals surface area contributed by atoms with Crippen LogP contribution < -0.4 is 5.32 Å². The van der Waals surface area contributed by atoms with Crippen molar-refractivity contribution in [3.05, 3.63) is 47.9 Å². The molecule has 0 spiro atoms. The lowest BCUT2D eigenvalue weighted by Crippen LogP contribution is -2.35. The third kappa shape index (κ3) is 2.44. The zero-order valence-corrected chi connectivity index (χ0v) is 14.8.